The van der Waals surface area contributed by atoms with Crippen molar-refractivity contribution in [1.82, 2.24) is 0 Å². The normalized spacial score (nSPS) is 12.1. The molecule has 0 aliphatic carbocycles. The minimum absolute atomic E-state index is 0.0817. The van der Waals surface area contributed by atoms with Crippen molar-refractivity contribution in [3.05, 3.63) is 103 Å². The number of unbranched alkanes of at least 4 members (excludes halogenated alkanes) is 3. The molecule has 0 heterocycles. The molecule has 0 amide bonds. The van der Waals surface area contributed by atoms with E-state index in [4.69, 9.17) is 17.8 Å². The van der Waals surface area contributed by atoms with Crippen LogP contribution in [0.25, 0.3) is 0 Å². The van der Waals surface area contributed by atoms with Crippen molar-refractivity contribution in [2.75, 3.05) is 19.8 Å². The molecule has 0 N–H and O–H groups in total. The molecular weight excluding hydrogens is 605 g/mol. The third-order valence-corrected chi connectivity index (χ3v) is 12.4. The lowest BCUT2D eigenvalue weighted by Gasteiger charge is -2.41. The van der Waals surface area contributed by atoms with Crippen LogP contribution in [-0.4, -0.2) is 28.2 Å². The van der Waals surface area contributed by atoms with Crippen molar-refractivity contribution >= 4 is 20.4 Å². The second-order valence-corrected chi connectivity index (χ2v) is 15.3. The number of hydrogen-bond acceptors (Lipinski definition) is 6. The Morgan fingerprint density at radius 2 is 1.00 bits per heavy atom. The molecule has 0 radical (unpaired) electrons. The zero-order valence-corrected chi connectivity index (χ0v) is 28.5. The highest BCUT2D eigenvalue weighted by molar-refractivity contribution is 8.33. The standard InChI is InChI=1S/C37H46O6S2/c1-5-8-25-40-31-28-35(41-26-9-6-2)37(36(29-31)42-27-10-7-3)44(32-17-13-11-14-18-32,33-19-15-12-16-20-33)43-45(38,39)34-23-21-30(4)22-24-34/h11-24,28-29H,5-10,25-27H2,1-4H3. The minimum Gasteiger partial charge on any atom is -0.493 e. The second-order valence-electron chi connectivity index (χ2n) is 10.9. The van der Waals surface area contributed by atoms with Crippen LogP contribution < -0.4 is 14.2 Å². The van der Waals surface area contributed by atoms with Gasteiger partial charge in [0.2, 0.25) is 0 Å². The van der Waals surface area contributed by atoms with Gasteiger partial charge in [0.1, 0.15) is 22.1 Å². The highest BCUT2D eigenvalue weighted by Crippen LogP contribution is 2.74. The van der Waals surface area contributed by atoms with Gasteiger partial charge in [0.15, 0.2) is 0 Å². The van der Waals surface area contributed by atoms with E-state index in [9.17, 15) is 8.42 Å². The molecule has 0 unspecified atom stereocenters. The monoisotopic (exact) mass is 650 g/mol. The Bertz CT molecular complexity index is 1500. The smallest absolute Gasteiger partial charge is 0.307 e. The summed E-state index contributed by atoms with van der Waals surface area (Å²) in [7, 11) is -7.32. The van der Waals surface area contributed by atoms with E-state index < -0.39 is 20.4 Å². The Balaban J connectivity index is 2.09. The molecule has 0 saturated carbocycles. The van der Waals surface area contributed by atoms with Crippen LogP contribution in [0.2, 0.25) is 0 Å². The number of aryl methyl sites for hydroxylation is 1. The molecule has 45 heavy (non-hydrogen) atoms. The molecule has 0 aliphatic rings. The quantitative estimate of drug-likeness (QED) is 0.0998. The van der Waals surface area contributed by atoms with Crippen molar-refractivity contribution in [3.63, 3.8) is 0 Å². The number of benzene rings is 4. The Labute approximate surface area is 271 Å². The summed E-state index contributed by atoms with van der Waals surface area (Å²) in [6.45, 7) is 9.69. The van der Waals surface area contributed by atoms with Crippen LogP contribution in [0.3, 0.4) is 0 Å². The first-order valence-electron chi connectivity index (χ1n) is 15.9. The van der Waals surface area contributed by atoms with Crippen molar-refractivity contribution in [2.45, 2.75) is 85.8 Å². The molecule has 0 spiro atoms. The summed E-state index contributed by atoms with van der Waals surface area (Å²) in [5, 5.41) is 0. The highest BCUT2D eigenvalue weighted by Gasteiger charge is 2.43. The molecule has 242 valence electrons. The van der Waals surface area contributed by atoms with Gasteiger partial charge in [-0.3, -0.25) is 0 Å². The minimum atomic E-state index is -4.30. The number of hydrogen-bond donors (Lipinski definition) is 0. The topological polar surface area (TPSA) is 71.1 Å². The number of ether oxygens (including phenoxy) is 3. The molecule has 0 bridgehead atoms. The maximum atomic E-state index is 14.4. The van der Waals surface area contributed by atoms with Gasteiger partial charge in [-0.25, -0.2) is 3.63 Å². The van der Waals surface area contributed by atoms with E-state index in [0.717, 1.165) is 44.1 Å². The average molecular weight is 651 g/mol. The SMILES string of the molecule is CCCCOc1cc(OCCCC)c(S(OS(=O)(=O)c2ccc(C)cc2)(c2ccccc2)c2ccccc2)c(OCCCC)c1. The van der Waals surface area contributed by atoms with Crippen molar-refractivity contribution in [3.8, 4) is 17.2 Å². The molecular formula is C37H46O6S2. The summed E-state index contributed by atoms with van der Waals surface area (Å²) in [6, 6.07) is 29.6. The third kappa shape index (κ3) is 8.63. The van der Waals surface area contributed by atoms with Gasteiger partial charge in [0.05, 0.1) is 24.7 Å². The summed E-state index contributed by atoms with van der Waals surface area (Å²) in [4.78, 5) is 2.04. The van der Waals surface area contributed by atoms with Crippen LogP contribution in [0.4, 0.5) is 0 Å². The lowest BCUT2D eigenvalue weighted by atomic mass is 10.2. The molecule has 6 nitrogen and oxygen atoms in total. The first-order valence-corrected chi connectivity index (χ1v) is 18.8. The van der Waals surface area contributed by atoms with Crippen LogP contribution >= 0.6 is 10.3 Å². The van der Waals surface area contributed by atoms with Crippen molar-refractivity contribution < 1.29 is 26.3 Å². The molecule has 0 aromatic heterocycles. The van der Waals surface area contributed by atoms with E-state index in [1.54, 1.807) is 24.3 Å². The fraction of sp³-hybridized carbons (Fsp3) is 0.351. The van der Waals surface area contributed by atoms with Crippen molar-refractivity contribution in [1.29, 1.82) is 0 Å². The third-order valence-electron chi connectivity index (χ3n) is 7.21. The molecule has 8 heteroatoms. The molecule has 4 aromatic carbocycles. The van der Waals surface area contributed by atoms with Gasteiger partial charge in [0, 0.05) is 21.9 Å². The summed E-state index contributed by atoms with van der Waals surface area (Å²) in [5.41, 5.74) is 0.954. The van der Waals surface area contributed by atoms with E-state index in [1.165, 1.54) is 0 Å². The van der Waals surface area contributed by atoms with Gasteiger partial charge in [0.25, 0.3) is 0 Å². The predicted molar refractivity (Wildman–Crippen MR) is 182 cm³/mol. The largest absolute Gasteiger partial charge is 0.493 e. The lowest BCUT2D eigenvalue weighted by Crippen LogP contribution is -2.17. The summed E-state index contributed by atoms with van der Waals surface area (Å²) < 4.78 is 54.7. The van der Waals surface area contributed by atoms with Gasteiger partial charge < -0.3 is 14.2 Å². The first kappa shape index (κ1) is 34.4. The molecule has 0 fully saturated rings. The average Bonchev–Trinajstić information content (AvgIpc) is 3.05. The van der Waals surface area contributed by atoms with E-state index in [2.05, 4.69) is 20.8 Å². The van der Waals surface area contributed by atoms with Crippen LogP contribution in [0.5, 0.6) is 17.2 Å². The van der Waals surface area contributed by atoms with E-state index in [0.29, 0.717) is 51.8 Å². The fourth-order valence-electron chi connectivity index (χ4n) is 4.71. The van der Waals surface area contributed by atoms with Crippen LogP contribution in [0, 0.1) is 6.92 Å². The lowest BCUT2D eigenvalue weighted by molar-refractivity contribution is 0.268. The zero-order valence-electron chi connectivity index (χ0n) is 26.9. The van der Waals surface area contributed by atoms with Crippen LogP contribution in [0.1, 0.15) is 64.9 Å². The van der Waals surface area contributed by atoms with Crippen molar-refractivity contribution in [2.24, 2.45) is 0 Å². The highest BCUT2D eigenvalue weighted by atomic mass is 32.3. The maximum absolute atomic E-state index is 14.4. The van der Waals surface area contributed by atoms with Crippen LogP contribution in [-0.2, 0) is 13.7 Å². The van der Waals surface area contributed by atoms with Gasteiger partial charge >= 0.3 is 10.1 Å². The van der Waals surface area contributed by atoms with Gasteiger partial charge in [-0.15, -0.1) is 0 Å². The summed E-state index contributed by atoms with van der Waals surface area (Å²) in [5.74, 6) is 1.59. The zero-order chi connectivity index (χ0) is 32.1. The molecule has 4 rings (SSSR count). The van der Waals surface area contributed by atoms with E-state index in [-0.39, 0.29) is 4.90 Å². The summed E-state index contributed by atoms with van der Waals surface area (Å²) in [6.07, 6.45) is 5.44. The van der Waals surface area contributed by atoms with Gasteiger partial charge in [-0.05, 0) is 72.9 Å². The Morgan fingerprint density at radius 1 is 0.556 bits per heavy atom. The Morgan fingerprint density at radius 3 is 1.44 bits per heavy atom. The predicted octanol–water partition coefficient (Wildman–Crippen LogP) is 10.1. The van der Waals surface area contributed by atoms with Crippen LogP contribution in [0.15, 0.2) is 117 Å². The Hall–Kier alpha value is -3.46. The molecule has 0 saturated heterocycles. The Kier molecular flexibility index (Phi) is 12.8. The van der Waals surface area contributed by atoms with E-state index in [1.807, 2.05) is 79.7 Å². The maximum Gasteiger partial charge on any atom is 0.307 e. The molecule has 0 aliphatic heterocycles. The van der Waals surface area contributed by atoms with E-state index >= 15 is 0 Å². The summed E-state index contributed by atoms with van der Waals surface area (Å²) >= 11 is 0. The fourth-order valence-corrected chi connectivity index (χ4v) is 10.1. The molecule has 0 atom stereocenters. The second kappa shape index (κ2) is 16.7. The van der Waals surface area contributed by atoms with Gasteiger partial charge in [-0.1, -0.05) is 94.1 Å². The van der Waals surface area contributed by atoms with Gasteiger partial charge in [-0.2, -0.15) is 8.42 Å². The molecule has 4 aromatic rings. The first-order chi connectivity index (χ1) is 21.9. The number of rotatable bonds is 18.